The highest BCUT2D eigenvalue weighted by Crippen LogP contribution is 2.13. The molecule has 5 nitrogen and oxygen atoms in total. The fraction of sp³-hybridized carbons (Fsp3) is 0.385. The number of carbonyl (C=O) groups excluding carboxylic acids is 2. The van der Waals surface area contributed by atoms with Crippen LogP contribution in [0.2, 0.25) is 0 Å². The van der Waals surface area contributed by atoms with Gasteiger partial charge in [0.15, 0.2) is 0 Å². The zero-order valence-electron chi connectivity index (χ0n) is 11.0. The molecule has 0 aliphatic carbocycles. The van der Waals surface area contributed by atoms with Crippen LogP contribution >= 0.6 is 0 Å². The summed E-state index contributed by atoms with van der Waals surface area (Å²) in [4.78, 5) is 24.1. The van der Waals surface area contributed by atoms with Gasteiger partial charge in [0.25, 0.3) is 0 Å². The number of hydrogen-bond acceptors (Lipinski definition) is 3. The van der Waals surface area contributed by atoms with E-state index in [2.05, 4.69) is 10.6 Å². The number of hydrogen-bond donors (Lipinski definition) is 2. The number of benzene rings is 1. The summed E-state index contributed by atoms with van der Waals surface area (Å²) < 4.78 is 0. The number of nitrogens with one attached hydrogen (secondary N) is 2. The van der Waals surface area contributed by atoms with Gasteiger partial charge in [0.1, 0.15) is 0 Å². The Hall–Kier alpha value is -2.04. The zero-order chi connectivity index (χ0) is 13.5. The fourth-order valence-corrected chi connectivity index (χ4v) is 1.26. The third-order valence-corrected chi connectivity index (χ3v) is 2.43. The van der Waals surface area contributed by atoms with E-state index in [0.717, 1.165) is 11.4 Å². The first-order chi connectivity index (χ1) is 8.52. The van der Waals surface area contributed by atoms with Crippen molar-refractivity contribution in [3.05, 3.63) is 24.3 Å². The average Bonchev–Trinajstić information content (AvgIpc) is 2.37. The Balaban J connectivity index is 2.50. The van der Waals surface area contributed by atoms with E-state index in [1.165, 1.54) is 4.90 Å². The number of likely N-dealkylation sites (N-methyl/N-ethyl adjacent to an activating group) is 1. The number of nitrogens with zero attached hydrogens (tertiary/aromatic N) is 1. The van der Waals surface area contributed by atoms with E-state index in [4.69, 9.17) is 0 Å². The fourth-order valence-electron chi connectivity index (χ4n) is 1.26. The van der Waals surface area contributed by atoms with Crippen LogP contribution in [0.1, 0.15) is 13.3 Å². The highest BCUT2D eigenvalue weighted by atomic mass is 16.2. The molecule has 0 heterocycles. The largest absolute Gasteiger partial charge is 0.376 e. The summed E-state index contributed by atoms with van der Waals surface area (Å²) in [7, 11) is 3.43. The molecule has 0 unspecified atom stereocenters. The lowest BCUT2D eigenvalue weighted by atomic mass is 10.2. The summed E-state index contributed by atoms with van der Waals surface area (Å²) in [5.41, 5.74) is 1.60. The number of carbonyl (C=O) groups is 2. The Labute approximate surface area is 107 Å². The second kappa shape index (κ2) is 6.64. The molecule has 2 amide bonds. The maximum absolute atomic E-state index is 11.4. The second-order valence-corrected chi connectivity index (χ2v) is 4.12. The van der Waals surface area contributed by atoms with Gasteiger partial charge in [-0.15, -0.1) is 0 Å². The Morgan fingerprint density at radius 3 is 2.17 bits per heavy atom. The third-order valence-electron chi connectivity index (χ3n) is 2.43. The molecule has 5 heteroatoms. The maximum atomic E-state index is 11.4. The topological polar surface area (TPSA) is 61.4 Å². The van der Waals surface area contributed by atoms with Crippen LogP contribution in [0, 0.1) is 0 Å². The highest BCUT2D eigenvalue weighted by molar-refractivity contribution is 5.90. The van der Waals surface area contributed by atoms with Crippen molar-refractivity contribution in [1.29, 1.82) is 0 Å². The van der Waals surface area contributed by atoms with E-state index in [1.54, 1.807) is 33.2 Å². The third kappa shape index (κ3) is 4.45. The van der Waals surface area contributed by atoms with Gasteiger partial charge in [-0.25, -0.2) is 0 Å². The van der Waals surface area contributed by atoms with E-state index >= 15 is 0 Å². The minimum absolute atomic E-state index is 0.0124. The predicted octanol–water partition coefficient (Wildman–Crippen LogP) is 1.54. The van der Waals surface area contributed by atoms with Crippen molar-refractivity contribution in [2.75, 3.05) is 31.3 Å². The van der Waals surface area contributed by atoms with Gasteiger partial charge in [0.05, 0.1) is 6.54 Å². The Morgan fingerprint density at radius 1 is 1.11 bits per heavy atom. The molecule has 0 aliphatic rings. The first-order valence-corrected chi connectivity index (χ1v) is 5.87. The van der Waals surface area contributed by atoms with E-state index in [1.807, 2.05) is 12.1 Å². The van der Waals surface area contributed by atoms with E-state index < -0.39 is 0 Å². The lowest BCUT2D eigenvalue weighted by Crippen LogP contribution is -2.28. The van der Waals surface area contributed by atoms with Crippen molar-refractivity contribution >= 4 is 23.2 Å². The molecule has 0 atom stereocenters. The molecule has 0 fully saturated rings. The number of amides is 2. The zero-order valence-corrected chi connectivity index (χ0v) is 11.0. The smallest absolute Gasteiger partial charge is 0.241 e. The molecular weight excluding hydrogens is 230 g/mol. The summed E-state index contributed by atoms with van der Waals surface area (Å²) in [6.07, 6.45) is 0.456. The van der Waals surface area contributed by atoms with Crippen LogP contribution in [0.5, 0.6) is 0 Å². The minimum Gasteiger partial charge on any atom is -0.376 e. The van der Waals surface area contributed by atoms with E-state index in [9.17, 15) is 9.59 Å². The van der Waals surface area contributed by atoms with Crippen LogP contribution in [0.15, 0.2) is 24.3 Å². The average molecular weight is 249 g/mol. The van der Waals surface area contributed by atoms with Crippen molar-refractivity contribution in [3.8, 4) is 0 Å². The van der Waals surface area contributed by atoms with Crippen molar-refractivity contribution in [2.45, 2.75) is 13.3 Å². The van der Waals surface area contributed by atoms with E-state index in [0.29, 0.717) is 6.42 Å². The molecule has 18 heavy (non-hydrogen) atoms. The standard InChI is InChI=1S/C13H19N3O2/c1-4-12(17)15-11-7-5-10(6-8-11)14-9-13(18)16(2)3/h5-8,14H,4,9H2,1-3H3,(H,15,17). The van der Waals surface area contributed by atoms with Gasteiger partial charge in [0, 0.05) is 31.9 Å². The molecule has 1 aromatic carbocycles. The van der Waals surface area contributed by atoms with Gasteiger partial charge in [-0.05, 0) is 24.3 Å². The molecule has 0 aliphatic heterocycles. The van der Waals surface area contributed by atoms with Crippen LogP contribution in [0.3, 0.4) is 0 Å². The van der Waals surface area contributed by atoms with Gasteiger partial charge >= 0.3 is 0 Å². The van der Waals surface area contributed by atoms with Gasteiger partial charge in [-0.2, -0.15) is 0 Å². The van der Waals surface area contributed by atoms with Crippen molar-refractivity contribution in [1.82, 2.24) is 4.90 Å². The van der Waals surface area contributed by atoms with Crippen molar-refractivity contribution in [3.63, 3.8) is 0 Å². The summed E-state index contributed by atoms with van der Waals surface area (Å²) in [6, 6.07) is 7.26. The minimum atomic E-state index is -0.0153. The van der Waals surface area contributed by atoms with Crippen molar-refractivity contribution < 1.29 is 9.59 Å². The van der Waals surface area contributed by atoms with Crippen LogP contribution < -0.4 is 10.6 Å². The van der Waals surface area contributed by atoms with Gasteiger partial charge in [-0.3, -0.25) is 9.59 Å². The quantitative estimate of drug-likeness (QED) is 0.832. The van der Waals surface area contributed by atoms with Gasteiger partial charge in [-0.1, -0.05) is 6.92 Å². The molecule has 98 valence electrons. The lowest BCUT2D eigenvalue weighted by Gasteiger charge is -2.12. The molecule has 1 aromatic rings. The molecule has 2 N–H and O–H groups in total. The van der Waals surface area contributed by atoms with Crippen LogP contribution in [0.25, 0.3) is 0 Å². The highest BCUT2D eigenvalue weighted by Gasteiger charge is 2.03. The van der Waals surface area contributed by atoms with Gasteiger partial charge < -0.3 is 15.5 Å². The molecule has 1 rings (SSSR count). The van der Waals surface area contributed by atoms with Crippen LogP contribution in [0.4, 0.5) is 11.4 Å². The maximum Gasteiger partial charge on any atom is 0.241 e. The number of anilines is 2. The molecule has 0 radical (unpaired) electrons. The summed E-state index contributed by atoms with van der Waals surface area (Å²) in [6.45, 7) is 2.06. The lowest BCUT2D eigenvalue weighted by molar-refractivity contribution is -0.126. The number of rotatable bonds is 5. The Bertz CT molecular complexity index is 413. The second-order valence-electron chi connectivity index (χ2n) is 4.12. The molecular formula is C13H19N3O2. The Kier molecular flexibility index (Phi) is 5.17. The molecule has 0 aromatic heterocycles. The van der Waals surface area contributed by atoms with Gasteiger partial charge in [0.2, 0.25) is 11.8 Å². The Morgan fingerprint density at radius 2 is 1.67 bits per heavy atom. The monoisotopic (exact) mass is 249 g/mol. The molecule has 0 spiro atoms. The first kappa shape index (κ1) is 14.0. The molecule has 0 saturated heterocycles. The molecule has 0 bridgehead atoms. The predicted molar refractivity (Wildman–Crippen MR) is 72.5 cm³/mol. The summed E-state index contributed by atoms with van der Waals surface area (Å²) in [5, 5.41) is 5.78. The molecule has 0 saturated carbocycles. The normalized spacial score (nSPS) is 9.72. The van der Waals surface area contributed by atoms with E-state index in [-0.39, 0.29) is 18.4 Å². The summed E-state index contributed by atoms with van der Waals surface area (Å²) in [5.74, 6) is -0.00291. The first-order valence-electron chi connectivity index (χ1n) is 5.87. The SMILES string of the molecule is CCC(=O)Nc1ccc(NCC(=O)N(C)C)cc1. The van der Waals surface area contributed by atoms with Crippen molar-refractivity contribution in [2.24, 2.45) is 0 Å². The summed E-state index contributed by atoms with van der Waals surface area (Å²) >= 11 is 0. The van der Waals surface area contributed by atoms with Crippen LogP contribution in [-0.2, 0) is 9.59 Å². The van der Waals surface area contributed by atoms with Crippen LogP contribution in [-0.4, -0.2) is 37.4 Å².